The first-order valence-electron chi connectivity index (χ1n) is 6.13. The summed E-state index contributed by atoms with van der Waals surface area (Å²) in [6, 6.07) is 7.23. The number of benzene rings is 1. The van der Waals surface area contributed by atoms with Crippen molar-refractivity contribution in [2.75, 3.05) is 13.1 Å². The van der Waals surface area contributed by atoms with Crippen LogP contribution < -0.4 is 10.6 Å². The number of likely N-dealkylation sites (N-methyl/N-ethyl adjacent to an activating group) is 1. The van der Waals surface area contributed by atoms with Crippen molar-refractivity contribution in [3.05, 3.63) is 34.9 Å². The maximum Gasteiger partial charge on any atom is 0.0208 e. The van der Waals surface area contributed by atoms with Gasteiger partial charge in [-0.25, -0.2) is 0 Å². The lowest BCUT2D eigenvalue weighted by Gasteiger charge is -2.14. The average molecular weight is 220 g/mol. The van der Waals surface area contributed by atoms with E-state index in [0.717, 1.165) is 19.6 Å². The molecule has 0 bridgehead atoms. The average Bonchev–Trinajstić information content (AvgIpc) is 2.22. The fraction of sp³-hybridized carbons (Fsp3) is 0.571. The Morgan fingerprint density at radius 1 is 1.12 bits per heavy atom. The largest absolute Gasteiger partial charge is 0.315 e. The van der Waals surface area contributed by atoms with Crippen LogP contribution >= 0.6 is 0 Å². The van der Waals surface area contributed by atoms with Crippen LogP contribution in [0, 0.1) is 13.8 Å². The molecule has 0 aromatic heterocycles. The lowest BCUT2D eigenvalue weighted by molar-refractivity contribution is 0.509. The second-order valence-electron chi connectivity index (χ2n) is 4.59. The van der Waals surface area contributed by atoms with E-state index in [9.17, 15) is 0 Å². The summed E-state index contributed by atoms with van der Waals surface area (Å²) in [5.41, 5.74) is 4.06. The van der Waals surface area contributed by atoms with E-state index in [1.807, 2.05) is 0 Å². The van der Waals surface area contributed by atoms with Crippen molar-refractivity contribution < 1.29 is 0 Å². The summed E-state index contributed by atoms with van der Waals surface area (Å²) in [6.45, 7) is 11.7. The molecule has 1 aromatic rings. The molecule has 16 heavy (non-hydrogen) atoms. The third-order valence-electron chi connectivity index (χ3n) is 2.64. The van der Waals surface area contributed by atoms with Gasteiger partial charge in [-0.15, -0.1) is 0 Å². The molecule has 0 aliphatic heterocycles. The lowest BCUT2D eigenvalue weighted by atomic mass is 10.1. The highest BCUT2D eigenvalue weighted by Crippen LogP contribution is 2.08. The molecular weight excluding hydrogens is 196 g/mol. The van der Waals surface area contributed by atoms with Crippen LogP contribution in [0.4, 0.5) is 0 Å². The minimum atomic E-state index is 0.515. The van der Waals surface area contributed by atoms with Crippen molar-refractivity contribution in [1.82, 2.24) is 10.6 Å². The summed E-state index contributed by atoms with van der Waals surface area (Å²) in [5.74, 6) is 0. The summed E-state index contributed by atoms with van der Waals surface area (Å²) in [6.07, 6.45) is 0. The van der Waals surface area contributed by atoms with Crippen molar-refractivity contribution in [3.8, 4) is 0 Å². The topological polar surface area (TPSA) is 24.1 Å². The fourth-order valence-corrected chi connectivity index (χ4v) is 1.90. The molecule has 2 heteroatoms. The van der Waals surface area contributed by atoms with Gasteiger partial charge in [0.15, 0.2) is 0 Å². The zero-order chi connectivity index (χ0) is 12.0. The van der Waals surface area contributed by atoms with Crippen LogP contribution in [0.2, 0.25) is 0 Å². The molecule has 1 unspecified atom stereocenters. The van der Waals surface area contributed by atoms with E-state index in [-0.39, 0.29) is 0 Å². The van der Waals surface area contributed by atoms with Crippen molar-refractivity contribution in [3.63, 3.8) is 0 Å². The van der Waals surface area contributed by atoms with Crippen LogP contribution in [0.1, 0.15) is 30.5 Å². The monoisotopic (exact) mass is 220 g/mol. The van der Waals surface area contributed by atoms with Gasteiger partial charge in [-0.1, -0.05) is 36.2 Å². The Kier molecular flexibility index (Phi) is 5.50. The molecule has 0 heterocycles. The van der Waals surface area contributed by atoms with Gasteiger partial charge in [-0.2, -0.15) is 0 Å². The molecule has 0 fully saturated rings. The minimum absolute atomic E-state index is 0.515. The zero-order valence-electron chi connectivity index (χ0n) is 10.9. The van der Waals surface area contributed by atoms with Crippen molar-refractivity contribution >= 4 is 0 Å². The quantitative estimate of drug-likeness (QED) is 0.769. The Hall–Kier alpha value is -0.860. The first kappa shape index (κ1) is 13.2. The van der Waals surface area contributed by atoms with E-state index in [1.54, 1.807) is 0 Å². The molecule has 0 aliphatic carbocycles. The Labute approximate surface area is 99.5 Å². The maximum atomic E-state index is 3.53. The highest BCUT2D eigenvalue weighted by Gasteiger charge is 2.01. The van der Waals surface area contributed by atoms with E-state index in [4.69, 9.17) is 0 Å². The summed E-state index contributed by atoms with van der Waals surface area (Å²) < 4.78 is 0. The first-order chi connectivity index (χ1) is 7.61. The van der Waals surface area contributed by atoms with Gasteiger partial charge in [0.2, 0.25) is 0 Å². The van der Waals surface area contributed by atoms with Gasteiger partial charge < -0.3 is 10.6 Å². The molecule has 1 atom stereocenters. The normalized spacial score (nSPS) is 12.8. The number of hydrogen-bond donors (Lipinski definition) is 2. The SMILES string of the molecule is CCNCC(C)NCc1cc(C)cc(C)c1. The molecule has 1 rings (SSSR count). The van der Waals surface area contributed by atoms with Gasteiger partial charge in [0.05, 0.1) is 0 Å². The van der Waals surface area contributed by atoms with Crippen LogP contribution in [-0.2, 0) is 6.54 Å². The molecule has 0 aliphatic rings. The van der Waals surface area contributed by atoms with Crippen LogP contribution in [0.25, 0.3) is 0 Å². The van der Waals surface area contributed by atoms with Crippen LogP contribution in [0.3, 0.4) is 0 Å². The molecule has 0 saturated heterocycles. The number of aryl methyl sites for hydroxylation is 2. The molecular formula is C14H24N2. The number of rotatable bonds is 6. The molecule has 2 nitrogen and oxygen atoms in total. The van der Waals surface area contributed by atoms with Crippen LogP contribution in [-0.4, -0.2) is 19.1 Å². The van der Waals surface area contributed by atoms with Gasteiger partial charge in [-0.3, -0.25) is 0 Å². The molecule has 0 amide bonds. The second-order valence-corrected chi connectivity index (χ2v) is 4.59. The van der Waals surface area contributed by atoms with E-state index in [1.165, 1.54) is 16.7 Å². The Morgan fingerprint density at radius 3 is 2.31 bits per heavy atom. The third-order valence-corrected chi connectivity index (χ3v) is 2.64. The predicted molar refractivity (Wildman–Crippen MR) is 70.8 cm³/mol. The highest BCUT2D eigenvalue weighted by atomic mass is 15.0. The maximum absolute atomic E-state index is 3.53. The van der Waals surface area contributed by atoms with Crippen LogP contribution in [0.5, 0.6) is 0 Å². The summed E-state index contributed by atoms with van der Waals surface area (Å²) >= 11 is 0. The lowest BCUT2D eigenvalue weighted by Crippen LogP contribution is -2.35. The summed E-state index contributed by atoms with van der Waals surface area (Å²) in [5, 5.41) is 6.87. The molecule has 90 valence electrons. The van der Waals surface area contributed by atoms with Gasteiger partial charge >= 0.3 is 0 Å². The van der Waals surface area contributed by atoms with Crippen molar-refractivity contribution in [2.24, 2.45) is 0 Å². The molecule has 0 saturated carbocycles. The number of hydrogen-bond acceptors (Lipinski definition) is 2. The Bertz CT molecular complexity index is 300. The van der Waals surface area contributed by atoms with Crippen molar-refractivity contribution in [2.45, 2.75) is 40.3 Å². The van der Waals surface area contributed by atoms with Gasteiger partial charge in [0, 0.05) is 19.1 Å². The summed E-state index contributed by atoms with van der Waals surface area (Å²) in [4.78, 5) is 0. The molecule has 1 aromatic carbocycles. The fourth-order valence-electron chi connectivity index (χ4n) is 1.90. The van der Waals surface area contributed by atoms with E-state index >= 15 is 0 Å². The minimum Gasteiger partial charge on any atom is -0.315 e. The number of nitrogens with one attached hydrogen (secondary N) is 2. The second kappa shape index (κ2) is 6.66. The van der Waals surface area contributed by atoms with E-state index < -0.39 is 0 Å². The summed E-state index contributed by atoms with van der Waals surface area (Å²) in [7, 11) is 0. The Balaban J connectivity index is 2.41. The standard InChI is InChI=1S/C14H24N2/c1-5-15-9-13(4)16-10-14-7-11(2)6-12(3)8-14/h6-8,13,15-16H,5,9-10H2,1-4H3. The van der Waals surface area contributed by atoms with Gasteiger partial charge in [0.1, 0.15) is 0 Å². The molecule has 0 radical (unpaired) electrons. The van der Waals surface area contributed by atoms with Crippen molar-refractivity contribution in [1.29, 1.82) is 0 Å². The Morgan fingerprint density at radius 2 is 1.75 bits per heavy atom. The van der Waals surface area contributed by atoms with E-state index in [0.29, 0.717) is 6.04 Å². The third kappa shape index (κ3) is 4.77. The molecule has 0 spiro atoms. The smallest absolute Gasteiger partial charge is 0.0208 e. The van der Waals surface area contributed by atoms with Crippen LogP contribution in [0.15, 0.2) is 18.2 Å². The first-order valence-corrected chi connectivity index (χ1v) is 6.13. The highest BCUT2D eigenvalue weighted by molar-refractivity contribution is 5.28. The van der Waals surface area contributed by atoms with E-state index in [2.05, 4.69) is 56.5 Å². The van der Waals surface area contributed by atoms with Gasteiger partial charge in [-0.05, 0) is 32.9 Å². The van der Waals surface area contributed by atoms with Gasteiger partial charge in [0.25, 0.3) is 0 Å². The zero-order valence-corrected chi connectivity index (χ0v) is 10.9. The molecule has 2 N–H and O–H groups in total. The predicted octanol–water partition coefficient (Wildman–Crippen LogP) is 2.39.